The van der Waals surface area contributed by atoms with Crippen molar-refractivity contribution in [3.05, 3.63) is 11.5 Å². The summed E-state index contributed by atoms with van der Waals surface area (Å²) in [7, 11) is 4.16. The molecule has 3 rings (SSSR count). The molecule has 104 valence electrons. The first kappa shape index (κ1) is 12.9. The molecule has 1 aliphatic heterocycles. The summed E-state index contributed by atoms with van der Waals surface area (Å²) in [6.45, 7) is 4.26. The fraction of sp³-hybridized carbons (Fsp3) is 0.692. The average Bonchev–Trinajstić information content (AvgIpc) is 2.90. The van der Waals surface area contributed by atoms with Crippen LogP contribution >= 0.6 is 11.6 Å². The minimum atomic E-state index is 0.459. The van der Waals surface area contributed by atoms with Crippen molar-refractivity contribution in [3.63, 3.8) is 0 Å². The zero-order chi connectivity index (χ0) is 13.6. The van der Waals surface area contributed by atoms with Crippen LogP contribution in [0.4, 0.5) is 0 Å². The lowest BCUT2D eigenvalue weighted by atomic mass is 10.1. The number of halogens is 1. The van der Waals surface area contributed by atoms with E-state index in [0.29, 0.717) is 11.9 Å². The summed E-state index contributed by atoms with van der Waals surface area (Å²) in [5.74, 6) is 1.43. The molecule has 0 saturated carbocycles. The Bertz CT molecular complexity index is 592. The predicted molar refractivity (Wildman–Crippen MR) is 76.6 cm³/mol. The molecule has 0 unspecified atom stereocenters. The molecular formula is C13H20ClN5. The second kappa shape index (κ2) is 4.80. The van der Waals surface area contributed by atoms with E-state index in [4.69, 9.17) is 11.6 Å². The number of rotatable bonds is 2. The lowest BCUT2D eigenvalue weighted by molar-refractivity contribution is 0.221. The maximum absolute atomic E-state index is 6.09. The molecule has 0 atom stereocenters. The van der Waals surface area contributed by atoms with Crippen molar-refractivity contribution in [2.45, 2.75) is 31.7 Å². The molecule has 0 radical (unpaired) electrons. The van der Waals surface area contributed by atoms with E-state index in [9.17, 15) is 0 Å². The Balaban J connectivity index is 2.10. The molecule has 19 heavy (non-hydrogen) atoms. The smallest absolute Gasteiger partial charge is 0.158 e. The van der Waals surface area contributed by atoms with Gasteiger partial charge in [-0.25, -0.2) is 4.98 Å². The van der Waals surface area contributed by atoms with Crippen LogP contribution in [0, 0.1) is 6.92 Å². The van der Waals surface area contributed by atoms with E-state index in [0.717, 1.165) is 48.6 Å². The van der Waals surface area contributed by atoms with E-state index in [1.165, 1.54) is 0 Å². The lowest BCUT2D eigenvalue weighted by Crippen LogP contribution is -2.32. The van der Waals surface area contributed by atoms with E-state index in [1.807, 2.05) is 18.7 Å². The summed E-state index contributed by atoms with van der Waals surface area (Å²) in [5.41, 5.74) is 3.09. The Labute approximate surface area is 118 Å². The highest BCUT2D eigenvalue weighted by atomic mass is 35.5. The fourth-order valence-corrected chi connectivity index (χ4v) is 3.26. The normalized spacial score (nSPS) is 18.5. The first-order valence-corrected chi connectivity index (χ1v) is 7.30. The number of nitrogens with zero attached hydrogens (tertiary/aromatic N) is 5. The van der Waals surface area contributed by atoms with Crippen LogP contribution in [0.3, 0.4) is 0 Å². The number of hydrogen-bond donors (Lipinski definition) is 0. The van der Waals surface area contributed by atoms with Crippen molar-refractivity contribution in [1.82, 2.24) is 24.2 Å². The summed E-state index contributed by atoms with van der Waals surface area (Å²) in [5, 5.41) is 4.48. The van der Waals surface area contributed by atoms with Crippen molar-refractivity contribution < 1.29 is 0 Å². The number of hydrogen-bond acceptors (Lipinski definition) is 3. The highest BCUT2D eigenvalue weighted by molar-refractivity contribution is 6.16. The van der Waals surface area contributed by atoms with Crippen LogP contribution in [0.15, 0.2) is 0 Å². The van der Waals surface area contributed by atoms with Gasteiger partial charge in [-0.3, -0.25) is 4.68 Å². The van der Waals surface area contributed by atoms with Crippen LogP contribution in [-0.4, -0.2) is 44.4 Å². The molecular weight excluding hydrogens is 262 g/mol. The van der Waals surface area contributed by atoms with E-state index in [-0.39, 0.29) is 0 Å². The number of aromatic nitrogens is 4. The van der Waals surface area contributed by atoms with Crippen LogP contribution in [-0.2, 0) is 12.9 Å². The van der Waals surface area contributed by atoms with Crippen molar-refractivity contribution in [3.8, 4) is 0 Å². The molecule has 0 bridgehead atoms. The van der Waals surface area contributed by atoms with E-state index < -0.39 is 0 Å². The molecule has 0 amide bonds. The van der Waals surface area contributed by atoms with Gasteiger partial charge in [-0.15, -0.1) is 11.6 Å². The summed E-state index contributed by atoms with van der Waals surface area (Å²) in [4.78, 5) is 7.05. The van der Waals surface area contributed by atoms with Crippen molar-refractivity contribution in [1.29, 1.82) is 0 Å². The third-order valence-electron chi connectivity index (χ3n) is 4.08. The molecule has 2 aromatic heterocycles. The third kappa shape index (κ3) is 2.05. The number of fused-ring (bicyclic) bond motifs is 1. The van der Waals surface area contributed by atoms with Gasteiger partial charge in [0.15, 0.2) is 5.65 Å². The van der Waals surface area contributed by atoms with Crippen molar-refractivity contribution in [2.24, 2.45) is 7.05 Å². The second-order valence-corrected chi connectivity index (χ2v) is 5.71. The molecule has 1 fully saturated rings. The Hall–Kier alpha value is -1.07. The maximum atomic E-state index is 6.09. The molecule has 5 nitrogen and oxygen atoms in total. The van der Waals surface area contributed by atoms with Gasteiger partial charge >= 0.3 is 0 Å². The molecule has 1 saturated heterocycles. The molecule has 0 aliphatic carbocycles. The molecule has 6 heteroatoms. The Kier molecular flexibility index (Phi) is 3.27. The molecule has 2 aromatic rings. The number of likely N-dealkylation sites (tertiary alicyclic amines) is 1. The van der Waals surface area contributed by atoms with Gasteiger partial charge in [-0.2, -0.15) is 5.10 Å². The number of imidazole rings is 1. The van der Waals surface area contributed by atoms with Crippen LogP contribution in [0.2, 0.25) is 0 Å². The quantitative estimate of drug-likeness (QED) is 0.791. The summed E-state index contributed by atoms with van der Waals surface area (Å²) in [6, 6.07) is 0.491. The highest BCUT2D eigenvalue weighted by Crippen LogP contribution is 2.29. The summed E-state index contributed by atoms with van der Waals surface area (Å²) >= 11 is 6.09. The molecule has 1 aliphatic rings. The number of aryl methyl sites for hydroxylation is 2. The largest absolute Gasteiger partial charge is 0.309 e. The minimum Gasteiger partial charge on any atom is -0.309 e. The topological polar surface area (TPSA) is 38.9 Å². The first-order chi connectivity index (χ1) is 9.11. The van der Waals surface area contributed by atoms with Gasteiger partial charge in [0.25, 0.3) is 0 Å². The Morgan fingerprint density at radius 1 is 1.26 bits per heavy atom. The van der Waals surface area contributed by atoms with E-state index >= 15 is 0 Å². The van der Waals surface area contributed by atoms with Crippen LogP contribution in [0.1, 0.15) is 30.4 Å². The second-order valence-electron chi connectivity index (χ2n) is 5.45. The Morgan fingerprint density at radius 3 is 2.58 bits per heavy atom. The third-order valence-corrected chi connectivity index (χ3v) is 4.32. The van der Waals surface area contributed by atoms with Gasteiger partial charge in [0, 0.05) is 13.1 Å². The standard InChI is InChI=1S/C13H20ClN5/c1-9-12-13(18(3)16-9)19(11(8-14)15-12)10-4-6-17(2)7-5-10/h10H,4-8H2,1-3H3. The summed E-state index contributed by atoms with van der Waals surface area (Å²) < 4.78 is 4.25. The molecule has 0 spiro atoms. The molecule has 0 N–H and O–H groups in total. The van der Waals surface area contributed by atoms with E-state index in [1.54, 1.807) is 0 Å². The molecule has 0 aromatic carbocycles. The zero-order valence-electron chi connectivity index (χ0n) is 11.7. The van der Waals surface area contributed by atoms with E-state index in [2.05, 4.69) is 26.6 Å². The van der Waals surface area contributed by atoms with Gasteiger partial charge in [0.1, 0.15) is 11.3 Å². The van der Waals surface area contributed by atoms with Gasteiger partial charge in [-0.1, -0.05) is 0 Å². The fourth-order valence-electron chi connectivity index (χ4n) is 3.07. The Morgan fingerprint density at radius 2 is 1.95 bits per heavy atom. The monoisotopic (exact) mass is 281 g/mol. The average molecular weight is 282 g/mol. The molecule has 3 heterocycles. The van der Waals surface area contributed by atoms with Crippen LogP contribution < -0.4 is 0 Å². The maximum Gasteiger partial charge on any atom is 0.158 e. The summed E-state index contributed by atoms with van der Waals surface area (Å²) in [6.07, 6.45) is 2.30. The van der Waals surface area contributed by atoms with Crippen molar-refractivity contribution >= 4 is 22.8 Å². The number of alkyl halides is 1. The van der Waals surface area contributed by atoms with Crippen molar-refractivity contribution in [2.75, 3.05) is 20.1 Å². The van der Waals surface area contributed by atoms with Gasteiger partial charge in [0.2, 0.25) is 0 Å². The lowest BCUT2D eigenvalue weighted by Gasteiger charge is -2.30. The van der Waals surface area contributed by atoms with Crippen LogP contribution in [0.25, 0.3) is 11.2 Å². The van der Waals surface area contributed by atoms with Crippen LogP contribution in [0.5, 0.6) is 0 Å². The van der Waals surface area contributed by atoms with Gasteiger partial charge in [-0.05, 0) is 39.9 Å². The minimum absolute atomic E-state index is 0.459. The zero-order valence-corrected chi connectivity index (χ0v) is 12.5. The predicted octanol–water partition coefficient (Wildman–Crippen LogP) is 2.08. The van der Waals surface area contributed by atoms with Gasteiger partial charge in [0.05, 0.1) is 11.6 Å². The SMILES string of the molecule is Cc1nn(C)c2c1nc(CCl)n2C1CCN(C)CC1. The number of piperidine rings is 1. The first-order valence-electron chi connectivity index (χ1n) is 6.76. The van der Waals surface area contributed by atoms with Gasteiger partial charge < -0.3 is 9.47 Å². The highest BCUT2D eigenvalue weighted by Gasteiger charge is 2.25.